The Morgan fingerprint density at radius 3 is 2.61 bits per heavy atom. The molecular weight excluding hydrogens is 228 g/mol. The lowest BCUT2D eigenvalue weighted by atomic mass is 9.86. The fourth-order valence-electron chi connectivity index (χ4n) is 2.93. The van der Waals surface area contributed by atoms with Gasteiger partial charge in [-0.15, -0.1) is 0 Å². The van der Waals surface area contributed by atoms with Crippen LogP contribution in [0.3, 0.4) is 0 Å². The van der Waals surface area contributed by atoms with Crippen LogP contribution in [0.5, 0.6) is 0 Å². The van der Waals surface area contributed by atoms with E-state index in [4.69, 9.17) is 10.5 Å². The molecule has 4 nitrogen and oxygen atoms in total. The molecule has 4 heteroatoms. The van der Waals surface area contributed by atoms with Crippen LogP contribution in [-0.2, 0) is 4.74 Å². The molecule has 0 spiro atoms. The summed E-state index contributed by atoms with van der Waals surface area (Å²) >= 11 is 0. The molecule has 1 aromatic carbocycles. The van der Waals surface area contributed by atoms with Gasteiger partial charge in [-0.05, 0) is 44.0 Å². The Morgan fingerprint density at radius 2 is 2.00 bits per heavy atom. The third kappa shape index (κ3) is 2.08. The van der Waals surface area contributed by atoms with Crippen LogP contribution in [0.1, 0.15) is 23.2 Å². The van der Waals surface area contributed by atoms with E-state index >= 15 is 0 Å². The fraction of sp³-hybridized carbons (Fsp3) is 0.500. The second-order valence-corrected chi connectivity index (χ2v) is 5.17. The molecule has 1 atom stereocenters. The maximum Gasteiger partial charge on any atom is 0.340 e. The number of piperidine rings is 3. The van der Waals surface area contributed by atoms with Gasteiger partial charge in [0.1, 0.15) is 6.10 Å². The summed E-state index contributed by atoms with van der Waals surface area (Å²) in [5.74, 6) is 0.246. The van der Waals surface area contributed by atoms with E-state index in [1.54, 1.807) is 12.1 Å². The van der Waals surface area contributed by atoms with Crippen molar-refractivity contribution < 1.29 is 9.53 Å². The Balaban J connectivity index is 1.70. The molecule has 0 amide bonds. The minimum atomic E-state index is -0.285. The molecule has 2 bridgehead atoms. The first-order valence-corrected chi connectivity index (χ1v) is 6.52. The fourth-order valence-corrected chi connectivity index (χ4v) is 2.93. The average molecular weight is 246 g/mol. The van der Waals surface area contributed by atoms with Gasteiger partial charge in [-0.3, -0.25) is 4.90 Å². The van der Waals surface area contributed by atoms with E-state index in [9.17, 15) is 4.79 Å². The Hall–Kier alpha value is -1.55. The first kappa shape index (κ1) is 11.5. The molecule has 0 saturated carbocycles. The number of hydrogen-bond donors (Lipinski definition) is 1. The molecule has 1 unspecified atom stereocenters. The van der Waals surface area contributed by atoms with Gasteiger partial charge in [0, 0.05) is 12.2 Å². The normalized spacial score (nSPS) is 30.1. The molecule has 1 aromatic rings. The van der Waals surface area contributed by atoms with Crippen molar-refractivity contribution in [1.29, 1.82) is 0 Å². The number of ether oxygens (including phenoxy) is 1. The Kier molecular flexibility index (Phi) is 2.96. The Morgan fingerprint density at radius 1 is 1.28 bits per heavy atom. The number of carbonyl (C=O) groups excluding carboxylic acids is 1. The number of para-hydroxylation sites is 1. The lowest BCUT2D eigenvalue weighted by Gasteiger charge is -2.43. The van der Waals surface area contributed by atoms with Crippen molar-refractivity contribution in [1.82, 2.24) is 4.90 Å². The first-order chi connectivity index (χ1) is 8.74. The third-order valence-electron chi connectivity index (χ3n) is 4.04. The van der Waals surface area contributed by atoms with Gasteiger partial charge in [0.25, 0.3) is 0 Å². The summed E-state index contributed by atoms with van der Waals surface area (Å²) in [5.41, 5.74) is 6.76. The summed E-state index contributed by atoms with van der Waals surface area (Å²) in [6, 6.07) is 7.08. The van der Waals surface area contributed by atoms with Crippen molar-refractivity contribution in [2.24, 2.45) is 5.92 Å². The van der Waals surface area contributed by atoms with Crippen LogP contribution in [0.4, 0.5) is 5.69 Å². The van der Waals surface area contributed by atoms with Gasteiger partial charge in [0.15, 0.2) is 0 Å². The van der Waals surface area contributed by atoms with Crippen LogP contribution < -0.4 is 5.73 Å². The first-order valence-electron chi connectivity index (χ1n) is 6.52. The highest BCUT2D eigenvalue weighted by Gasteiger charge is 2.36. The zero-order valence-corrected chi connectivity index (χ0v) is 10.3. The smallest absolute Gasteiger partial charge is 0.340 e. The van der Waals surface area contributed by atoms with Crippen molar-refractivity contribution in [2.45, 2.75) is 18.9 Å². The average Bonchev–Trinajstić information content (AvgIpc) is 2.40. The number of esters is 1. The van der Waals surface area contributed by atoms with Crippen molar-refractivity contribution in [2.75, 3.05) is 25.4 Å². The Labute approximate surface area is 107 Å². The SMILES string of the molecule is Nc1ccccc1C(=O)OC1CN2CCC1CC2. The number of fused-ring (bicyclic) bond motifs is 3. The number of rotatable bonds is 2. The van der Waals surface area contributed by atoms with E-state index in [2.05, 4.69) is 4.90 Å². The maximum absolute atomic E-state index is 12.1. The molecule has 18 heavy (non-hydrogen) atoms. The van der Waals surface area contributed by atoms with Crippen molar-refractivity contribution >= 4 is 11.7 Å². The highest BCUT2D eigenvalue weighted by Crippen LogP contribution is 2.30. The van der Waals surface area contributed by atoms with E-state index in [0.717, 1.165) is 32.5 Å². The van der Waals surface area contributed by atoms with Gasteiger partial charge in [-0.25, -0.2) is 4.79 Å². The van der Waals surface area contributed by atoms with E-state index in [1.807, 2.05) is 12.1 Å². The summed E-state index contributed by atoms with van der Waals surface area (Å²) in [7, 11) is 0. The molecule has 0 radical (unpaired) electrons. The number of nitrogens with zero attached hydrogens (tertiary/aromatic N) is 1. The molecule has 3 heterocycles. The highest BCUT2D eigenvalue weighted by molar-refractivity contribution is 5.95. The number of nitrogens with two attached hydrogens (primary N) is 1. The molecule has 96 valence electrons. The molecule has 4 rings (SSSR count). The number of anilines is 1. The molecule has 3 saturated heterocycles. The van der Waals surface area contributed by atoms with Crippen LogP contribution in [0.15, 0.2) is 24.3 Å². The minimum absolute atomic E-state index is 0.0413. The lowest BCUT2D eigenvalue weighted by Crippen LogP contribution is -2.51. The third-order valence-corrected chi connectivity index (χ3v) is 4.04. The molecule has 2 N–H and O–H groups in total. The van der Waals surface area contributed by atoms with E-state index in [1.165, 1.54) is 0 Å². The largest absolute Gasteiger partial charge is 0.457 e. The summed E-state index contributed by atoms with van der Waals surface area (Å²) in [4.78, 5) is 14.5. The van der Waals surface area contributed by atoms with E-state index in [-0.39, 0.29) is 12.1 Å². The van der Waals surface area contributed by atoms with Crippen molar-refractivity contribution in [3.05, 3.63) is 29.8 Å². The second kappa shape index (κ2) is 4.61. The van der Waals surface area contributed by atoms with Crippen LogP contribution in [0.2, 0.25) is 0 Å². The molecule has 0 aromatic heterocycles. The van der Waals surface area contributed by atoms with Crippen LogP contribution in [0, 0.1) is 5.92 Å². The van der Waals surface area contributed by atoms with E-state index in [0.29, 0.717) is 17.2 Å². The van der Waals surface area contributed by atoms with E-state index < -0.39 is 0 Å². The summed E-state index contributed by atoms with van der Waals surface area (Å²) in [6.07, 6.45) is 2.32. The van der Waals surface area contributed by atoms with Gasteiger partial charge in [-0.1, -0.05) is 12.1 Å². The Bertz CT molecular complexity index is 453. The standard InChI is InChI=1S/C14H18N2O2/c15-12-4-2-1-3-11(12)14(17)18-13-9-16-7-5-10(13)6-8-16/h1-4,10,13H,5-9,15H2. The number of hydrogen-bond acceptors (Lipinski definition) is 4. The maximum atomic E-state index is 12.1. The predicted octanol–water partition coefficient (Wildman–Crippen LogP) is 1.52. The van der Waals surface area contributed by atoms with Gasteiger partial charge in [0.05, 0.1) is 5.56 Å². The summed E-state index contributed by atoms with van der Waals surface area (Å²) < 4.78 is 5.63. The van der Waals surface area contributed by atoms with Gasteiger partial charge in [-0.2, -0.15) is 0 Å². The zero-order valence-electron chi connectivity index (χ0n) is 10.3. The lowest BCUT2D eigenvalue weighted by molar-refractivity contribution is -0.0455. The molecular formula is C14H18N2O2. The van der Waals surface area contributed by atoms with Crippen LogP contribution >= 0.6 is 0 Å². The van der Waals surface area contributed by atoms with Crippen molar-refractivity contribution in [3.63, 3.8) is 0 Å². The predicted molar refractivity (Wildman–Crippen MR) is 69.2 cm³/mol. The molecule has 0 aliphatic carbocycles. The van der Waals surface area contributed by atoms with Gasteiger partial charge >= 0.3 is 5.97 Å². The number of benzene rings is 1. The highest BCUT2D eigenvalue weighted by atomic mass is 16.5. The number of nitrogen functional groups attached to an aromatic ring is 1. The van der Waals surface area contributed by atoms with Gasteiger partial charge < -0.3 is 10.5 Å². The van der Waals surface area contributed by atoms with Gasteiger partial charge in [0.2, 0.25) is 0 Å². The number of carbonyl (C=O) groups is 1. The summed E-state index contributed by atoms with van der Waals surface area (Å²) in [5, 5.41) is 0. The molecule has 3 fully saturated rings. The van der Waals surface area contributed by atoms with Crippen LogP contribution in [0.25, 0.3) is 0 Å². The quantitative estimate of drug-likeness (QED) is 0.635. The molecule has 3 aliphatic rings. The molecule has 3 aliphatic heterocycles. The summed E-state index contributed by atoms with van der Waals surface area (Å²) in [6.45, 7) is 3.17. The monoisotopic (exact) mass is 246 g/mol. The minimum Gasteiger partial charge on any atom is -0.457 e. The van der Waals surface area contributed by atoms with Crippen molar-refractivity contribution in [3.8, 4) is 0 Å². The van der Waals surface area contributed by atoms with Crippen LogP contribution in [-0.4, -0.2) is 36.6 Å². The topological polar surface area (TPSA) is 55.6 Å². The second-order valence-electron chi connectivity index (χ2n) is 5.17. The zero-order chi connectivity index (χ0) is 12.5.